The summed E-state index contributed by atoms with van der Waals surface area (Å²) in [6.07, 6.45) is -0.114. The average molecular weight is 538 g/mol. The van der Waals surface area contributed by atoms with Gasteiger partial charge in [0.2, 0.25) is 11.8 Å². The van der Waals surface area contributed by atoms with Gasteiger partial charge in [0, 0.05) is 32.5 Å². The average Bonchev–Trinajstić information content (AvgIpc) is 3.11. The number of amides is 3. The van der Waals surface area contributed by atoms with E-state index in [4.69, 9.17) is 0 Å². The fourth-order valence-corrected chi connectivity index (χ4v) is 6.00. The Kier molecular flexibility index (Phi) is 8.21. The monoisotopic (exact) mass is 537 g/mol. The smallest absolute Gasteiger partial charge is 0.269 e. The van der Waals surface area contributed by atoms with Crippen molar-refractivity contribution in [2.75, 3.05) is 13.1 Å². The molecule has 3 aromatic carbocycles. The fourth-order valence-electron chi connectivity index (χ4n) is 4.43. The van der Waals surface area contributed by atoms with E-state index in [0.717, 1.165) is 5.56 Å². The Labute approximate surface area is 221 Å². The van der Waals surface area contributed by atoms with Gasteiger partial charge in [-0.25, -0.2) is 17.1 Å². The molecule has 1 atom stereocenters. The first-order chi connectivity index (χ1) is 18.2. The summed E-state index contributed by atoms with van der Waals surface area (Å²) in [5.74, 6) is -2.01. The lowest BCUT2D eigenvalue weighted by Gasteiger charge is -2.32. The summed E-state index contributed by atoms with van der Waals surface area (Å²) >= 11 is 0. The van der Waals surface area contributed by atoms with Crippen molar-refractivity contribution in [3.8, 4) is 0 Å². The molecule has 10 heteroatoms. The van der Waals surface area contributed by atoms with Crippen molar-refractivity contribution in [3.63, 3.8) is 0 Å². The summed E-state index contributed by atoms with van der Waals surface area (Å²) in [7, 11) is -4.08. The van der Waals surface area contributed by atoms with E-state index < -0.39 is 33.7 Å². The number of hydrogen-bond donors (Lipinski definition) is 1. The van der Waals surface area contributed by atoms with Crippen LogP contribution in [0.15, 0.2) is 83.8 Å². The summed E-state index contributed by atoms with van der Waals surface area (Å²) < 4.78 is 40.1. The number of hydrogen-bond acceptors (Lipinski definition) is 5. The Morgan fingerprint density at radius 3 is 2.26 bits per heavy atom. The second-order valence-electron chi connectivity index (χ2n) is 8.88. The fraction of sp³-hybridized carbons (Fsp3) is 0.250. The minimum atomic E-state index is -4.08. The molecule has 0 aliphatic carbocycles. The lowest BCUT2D eigenvalue weighted by molar-refractivity contribution is -0.141. The zero-order valence-electron chi connectivity index (χ0n) is 20.8. The molecule has 8 nitrogen and oxygen atoms in total. The van der Waals surface area contributed by atoms with Crippen molar-refractivity contribution in [2.24, 2.45) is 0 Å². The molecule has 1 aliphatic heterocycles. The standard InChI is InChI=1S/C28H28FN3O5S/c1-2-30-27(34)24(18-20-8-4-3-5-9-20)31(19-21-12-14-22(29)15-13-21)26(33)16-17-32-28(35)23-10-6-7-11-25(23)38(32,36)37/h3-15,24H,2,16-19H2,1H3,(H,30,34)/t24-/m0/s1. The van der Waals surface area contributed by atoms with E-state index in [9.17, 15) is 27.2 Å². The van der Waals surface area contributed by atoms with Gasteiger partial charge in [0.1, 0.15) is 16.8 Å². The van der Waals surface area contributed by atoms with E-state index in [1.807, 2.05) is 30.3 Å². The van der Waals surface area contributed by atoms with Gasteiger partial charge in [-0.1, -0.05) is 54.6 Å². The first kappa shape index (κ1) is 27.0. The molecule has 4 rings (SSSR count). The highest BCUT2D eigenvalue weighted by molar-refractivity contribution is 7.90. The number of sulfonamides is 1. The highest BCUT2D eigenvalue weighted by Crippen LogP contribution is 2.30. The predicted molar refractivity (Wildman–Crippen MR) is 139 cm³/mol. The van der Waals surface area contributed by atoms with Crippen molar-refractivity contribution in [1.29, 1.82) is 0 Å². The van der Waals surface area contributed by atoms with Crippen LogP contribution in [0, 0.1) is 5.82 Å². The molecular formula is C28H28FN3O5S. The van der Waals surface area contributed by atoms with E-state index in [1.165, 1.54) is 47.4 Å². The third kappa shape index (κ3) is 5.75. The van der Waals surface area contributed by atoms with Gasteiger partial charge in [0.25, 0.3) is 15.9 Å². The van der Waals surface area contributed by atoms with Crippen LogP contribution < -0.4 is 5.32 Å². The lowest BCUT2D eigenvalue weighted by atomic mass is 10.0. The van der Waals surface area contributed by atoms with E-state index in [0.29, 0.717) is 16.4 Å². The topological polar surface area (TPSA) is 104 Å². The molecule has 0 saturated heterocycles. The van der Waals surface area contributed by atoms with Gasteiger partial charge >= 0.3 is 0 Å². The Morgan fingerprint density at radius 2 is 1.61 bits per heavy atom. The van der Waals surface area contributed by atoms with E-state index in [-0.39, 0.29) is 42.3 Å². The van der Waals surface area contributed by atoms with Crippen molar-refractivity contribution in [3.05, 3.63) is 101 Å². The van der Waals surface area contributed by atoms with Gasteiger partial charge in [-0.05, 0) is 42.3 Å². The van der Waals surface area contributed by atoms with E-state index in [2.05, 4.69) is 5.32 Å². The van der Waals surface area contributed by atoms with Crippen molar-refractivity contribution in [1.82, 2.24) is 14.5 Å². The highest BCUT2D eigenvalue weighted by Gasteiger charge is 2.41. The highest BCUT2D eigenvalue weighted by atomic mass is 32.2. The zero-order valence-corrected chi connectivity index (χ0v) is 21.7. The molecule has 198 valence electrons. The van der Waals surface area contributed by atoms with Gasteiger partial charge in [0.15, 0.2) is 0 Å². The Bertz CT molecular complexity index is 1430. The van der Waals surface area contributed by atoms with Crippen LogP contribution in [0.25, 0.3) is 0 Å². The number of carbonyl (C=O) groups excluding carboxylic acids is 3. The number of benzene rings is 3. The summed E-state index contributed by atoms with van der Waals surface area (Å²) in [6, 6.07) is 19.8. The van der Waals surface area contributed by atoms with Crippen LogP contribution in [0.1, 0.15) is 34.8 Å². The Morgan fingerprint density at radius 1 is 0.947 bits per heavy atom. The largest absolute Gasteiger partial charge is 0.355 e. The van der Waals surface area contributed by atoms with Gasteiger partial charge < -0.3 is 10.2 Å². The van der Waals surface area contributed by atoms with Crippen LogP contribution in [0.2, 0.25) is 0 Å². The maximum absolute atomic E-state index is 13.6. The molecule has 38 heavy (non-hydrogen) atoms. The molecule has 0 aromatic heterocycles. The second kappa shape index (κ2) is 11.6. The van der Waals surface area contributed by atoms with Crippen LogP contribution in [-0.4, -0.2) is 54.5 Å². The number of fused-ring (bicyclic) bond motifs is 1. The van der Waals surface area contributed by atoms with E-state index >= 15 is 0 Å². The number of nitrogens with zero attached hydrogens (tertiary/aromatic N) is 2. The molecule has 0 bridgehead atoms. The van der Waals surface area contributed by atoms with Crippen LogP contribution in [0.4, 0.5) is 4.39 Å². The van der Waals surface area contributed by atoms with Gasteiger partial charge in [-0.15, -0.1) is 0 Å². The van der Waals surface area contributed by atoms with Crippen molar-refractivity contribution >= 4 is 27.7 Å². The second-order valence-corrected chi connectivity index (χ2v) is 10.7. The van der Waals surface area contributed by atoms with Crippen molar-refractivity contribution < 1.29 is 27.2 Å². The van der Waals surface area contributed by atoms with Crippen LogP contribution >= 0.6 is 0 Å². The van der Waals surface area contributed by atoms with Crippen molar-refractivity contribution in [2.45, 2.75) is 37.2 Å². The van der Waals surface area contributed by atoms with Gasteiger partial charge in [-0.3, -0.25) is 14.4 Å². The number of likely N-dealkylation sites (N-methyl/N-ethyl adjacent to an activating group) is 1. The van der Waals surface area contributed by atoms with Gasteiger partial charge in [-0.2, -0.15) is 0 Å². The van der Waals surface area contributed by atoms with Crippen LogP contribution in [0.5, 0.6) is 0 Å². The maximum Gasteiger partial charge on any atom is 0.269 e. The third-order valence-electron chi connectivity index (χ3n) is 6.33. The first-order valence-electron chi connectivity index (χ1n) is 12.2. The van der Waals surface area contributed by atoms with E-state index in [1.54, 1.807) is 13.0 Å². The number of halogens is 1. The minimum absolute atomic E-state index is 0.00529. The number of carbonyl (C=O) groups is 3. The number of nitrogens with one attached hydrogen (secondary N) is 1. The van der Waals surface area contributed by atoms with Crippen LogP contribution in [0.3, 0.4) is 0 Å². The molecule has 3 amide bonds. The molecule has 3 aromatic rings. The zero-order chi connectivity index (χ0) is 27.3. The molecule has 0 radical (unpaired) electrons. The quantitative estimate of drug-likeness (QED) is 0.428. The summed E-state index contributed by atoms with van der Waals surface area (Å²) in [6.45, 7) is 1.74. The summed E-state index contributed by atoms with van der Waals surface area (Å²) in [4.78, 5) is 40.9. The number of rotatable bonds is 10. The SMILES string of the molecule is CCNC(=O)[C@H](Cc1ccccc1)N(Cc1ccc(F)cc1)C(=O)CCN1C(=O)c2ccccc2S1(=O)=O. The molecule has 0 unspecified atom stereocenters. The molecule has 1 N–H and O–H groups in total. The molecule has 0 fully saturated rings. The molecule has 1 heterocycles. The summed E-state index contributed by atoms with van der Waals surface area (Å²) in [5.41, 5.74) is 1.49. The minimum Gasteiger partial charge on any atom is -0.355 e. The first-order valence-corrected chi connectivity index (χ1v) is 13.7. The molecular weight excluding hydrogens is 509 g/mol. The third-order valence-corrected chi connectivity index (χ3v) is 8.17. The molecule has 0 spiro atoms. The summed E-state index contributed by atoms with van der Waals surface area (Å²) in [5, 5.41) is 2.77. The predicted octanol–water partition coefficient (Wildman–Crippen LogP) is 3.14. The van der Waals surface area contributed by atoms with Gasteiger partial charge in [0.05, 0.1) is 5.56 Å². The normalized spacial score (nSPS) is 14.6. The maximum atomic E-state index is 13.6. The Hall–Kier alpha value is -4.05. The molecule has 0 saturated carbocycles. The molecule has 1 aliphatic rings. The Balaban J connectivity index is 1.62. The lowest BCUT2D eigenvalue weighted by Crippen LogP contribution is -2.51. The van der Waals surface area contributed by atoms with Crippen LogP contribution in [-0.2, 0) is 32.6 Å².